The van der Waals surface area contributed by atoms with Gasteiger partial charge in [0.2, 0.25) is 0 Å². The number of phenolic OH excluding ortho intramolecular Hbond substituents is 1. The summed E-state index contributed by atoms with van der Waals surface area (Å²) in [6, 6.07) is 3.24. The number of hydrogen-bond donors (Lipinski definition) is 1. The number of fused-ring (bicyclic) bond motifs is 1. The quantitative estimate of drug-likeness (QED) is 0.691. The first-order valence-electron chi connectivity index (χ1n) is 4.61. The van der Waals surface area contributed by atoms with Crippen molar-refractivity contribution in [1.82, 2.24) is 0 Å². The van der Waals surface area contributed by atoms with Crippen LogP contribution in [0, 0.1) is 0 Å². The molecule has 1 atom stereocenters. The van der Waals surface area contributed by atoms with Crippen LogP contribution in [0.5, 0.6) is 11.5 Å². The van der Waals surface area contributed by atoms with Gasteiger partial charge in [-0.1, -0.05) is 0 Å². The van der Waals surface area contributed by atoms with Crippen LogP contribution in [0.15, 0.2) is 12.1 Å². The summed E-state index contributed by atoms with van der Waals surface area (Å²) in [5, 5.41) is 9.55. The molecule has 0 fully saturated rings. The van der Waals surface area contributed by atoms with Gasteiger partial charge in [-0.15, -0.1) is 0 Å². The fraction of sp³-hybridized carbons (Fsp3) is 0.364. The molecule has 1 aliphatic rings. The molecular weight excluding hydrogens is 180 g/mol. The van der Waals surface area contributed by atoms with E-state index in [-0.39, 0.29) is 17.6 Å². The Morgan fingerprint density at radius 1 is 1.57 bits per heavy atom. The van der Waals surface area contributed by atoms with Crippen molar-refractivity contribution in [2.45, 2.75) is 26.4 Å². The van der Waals surface area contributed by atoms with Gasteiger partial charge in [0, 0.05) is 12.0 Å². The van der Waals surface area contributed by atoms with Crippen molar-refractivity contribution in [2.24, 2.45) is 0 Å². The zero-order valence-electron chi connectivity index (χ0n) is 8.20. The van der Waals surface area contributed by atoms with E-state index in [9.17, 15) is 9.90 Å². The van der Waals surface area contributed by atoms with E-state index < -0.39 is 0 Å². The second kappa shape index (κ2) is 3.01. The normalized spacial score (nSPS) is 18.9. The lowest BCUT2D eigenvalue weighted by Crippen LogP contribution is -2.05. The molecule has 3 heteroatoms. The maximum atomic E-state index is 11.1. The van der Waals surface area contributed by atoms with Crippen LogP contribution in [0.25, 0.3) is 0 Å². The minimum absolute atomic E-state index is 0.0500. The van der Waals surface area contributed by atoms with E-state index in [1.165, 1.54) is 6.92 Å². The second-order valence-corrected chi connectivity index (χ2v) is 3.67. The Hall–Kier alpha value is -1.51. The van der Waals surface area contributed by atoms with Crippen LogP contribution in [0.1, 0.15) is 29.8 Å². The Morgan fingerprint density at radius 2 is 2.29 bits per heavy atom. The first-order valence-corrected chi connectivity index (χ1v) is 4.61. The van der Waals surface area contributed by atoms with Gasteiger partial charge in [0.1, 0.15) is 17.6 Å². The molecule has 0 saturated heterocycles. The number of rotatable bonds is 1. The molecule has 0 bridgehead atoms. The van der Waals surface area contributed by atoms with Crippen LogP contribution in [-0.4, -0.2) is 17.0 Å². The predicted octanol–water partition coefficient (Wildman–Crippen LogP) is 1.92. The predicted molar refractivity (Wildman–Crippen MR) is 51.9 cm³/mol. The maximum absolute atomic E-state index is 11.1. The highest BCUT2D eigenvalue weighted by molar-refractivity contribution is 5.97. The van der Waals surface area contributed by atoms with E-state index in [2.05, 4.69) is 0 Å². The minimum Gasteiger partial charge on any atom is -0.507 e. The van der Waals surface area contributed by atoms with E-state index in [0.717, 1.165) is 17.7 Å². The average Bonchev–Trinajstić information content (AvgIpc) is 2.42. The highest BCUT2D eigenvalue weighted by atomic mass is 16.5. The van der Waals surface area contributed by atoms with Crippen LogP contribution in [0.4, 0.5) is 0 Å². The van der Waals surface area contributed by atoms with Crippen LogP contribution in [0.2, 0.25) is 0 Å². The standard InChI is InChI=1S/C11H12O3/c1-6-3-8-4-10(13)9(7(2)12)5-11(8)14-6/h4-6,13H,3H2,1-2H3. The zero-order valence-corrected chi connectivity index (χ0v) is 8.20. The number of ketones is 1. The monoisotopic (exact) mass is 192 g/mol. The number of phenols is 1. The molecule has 1 aromatic carbocycles. The van der Waals surface area contributed by atoms with Crippen molar-refractivity contribution in [2.75, 3.05) is 0 Å². The lowest BCUT2D eigenvalue weighted by Gasteiger charge is -2.05. The Bertz CT molecular complexity index is 396. The van der Waals surface area contributed by atoms with Crippen LogP contribution >= 0.6 is 0 Å². The summed E-state index contributed by atoms with van der Waals surface area (Å²) in [6.45, 7) is 3.39. The molecule has 3 nitrogen and oxygen atoms in total. The molecule has 1 unspecified atom stereocenters. The summed E-state index contributed by atoms with van der Waals surface area (Å²) >= 11 is 0. The highest BCUT2D eigenvalue weighted by Crippen LogP contribution is 2.34. The van der Waals surface area contributed by atoms with Gasteiger partial charge in [0.25, 0.3) is 0 Å². The maximum Gasteiger partial charge on any atom is 0.163 e. The topological polar surface area (TPSA) is 46.5 Å². The summed E-state index contributed by atoms with van der Waals surface area (Å²) in [7, 11) is 0. The number of carbonyl (C=O) groups is 1. The summed E-state index contributed by atoms with van der Waals surface area (Å²) in [5.74, 6) is 0.628. The van der Waals surface area contributed by atoms with E-state index in [1.807, 2.05) is 6.92 Å². The first-order chi connectivity index (χ1) is 6.58. The van der Waals surface area contributed by atoms with E-state index in [1.54, 1.807) is 12.1 Å². The van der Waals surface area contributed by atoms with Gasteiger partial charge in [-0.2, -0.15) is 0 Å². The number of aromatic hydroxyl groups is 1. The van der Waals surface area contributed by atoms with Gasteiger partial charge in [0.05, 0.1) is 5.56 Å². The summed E-state index contributed by atoms with van der Waals surface area (Å²) < 4.78 is 5.49. The molecule has 1 heterocycles. The molecule has 0 aromatic heterocycles. The van der Waals surface area contributed by atoms with E-state index >= 15 is 0 Å². The molecule has 0 spiro atoms. The minimum atomic E-state index is -0.145. The van der Waals surface area contributed by atoms with Gasteiger partial charge in [0.15, 0.2) is 5.78 Å². The molecule has 1 aromatic rings. The third-order valence-electron chi connectivity index (χ3n) is 2.39. The first kappa shape index (κ1) is 9.06. The molecule has 2 rings (SSSR count). The van der Waals surface area contributed by atoms with Crippen molar-refractivity contribution >= 4 is 5.78 Å². The SMILES string of the molecule is CC(=O)c1cc2c(cc1O)CC(C)O2. The molecule has 0 saturated carbocycles. The van der Waals surface area contributed by atoms with Crippen molar-refractivity contribution in [3.05, 3.63) is 23.3 Å². The number of carbonyl (C=O) groups excluding carboxylic acids is 1. The smallest absolute Gasteiger partial charge is 0.163 e. The van der Waals surface area contributed by atoms with Crippen molar-refractivity contribution < 1.29 is 14.6 Å². The van der Waals surface area contributed by atoms with Gasteiger partial charge >= 0.3 is 0 Å². The van der Waals surface area contributed by atoms with Crippen molar-refractivity contribution in [3.63, 3.8) is 0 Å². The summed E-state index contributed by atoms with van der Waals surface area (Å²) in [6.07, 6.45) is 0.924. The largest absolute Gasteiger partial charge is 0.507 e. The van der Waals surface area contributed by atoms with Crippen molar-refractivity contribution in [3.8, 4) is 11.5 Å². The fourth-order valence-electron chi connectivity index (χ4n) is 1.73. The van der Waals surface area contributed by atoms with Crippen LogP contribution < -0.4 is 4.74 Å². The summed E-state index contributed by atoms with van der Waals surface area (Å²) in [4.78, 5) is 11.1. The zero-order chi connectivity index (χ0) is 10.3. The molecule has 1 aliphatic heterocycles. The van der Waals surface area contributed by atoms with E-state index in [4.69, 9.17) is 4.74 Å². The summed E-state index contributed by atoms with van der Waals surface area (Å²) in [5.41, 5.74) is 1.30. The fourth-order valence-corrected chi connectivity index (χ4v) is 1.73. The molecule has 74 valence electrons. The van der Waals surface area contributed by atoms with Gasteiger partial charge in [-0.25, -0.2) is 0 Å². The average molecular weight is 192 g/mol. The third kappa shape index (κ3) is 1.35. The number of Topliss-reactive ketones (excluding diaryl/α,β-unsaturated/α-hetero) is 1. The molecule has 0 aliphatic carbocycles. The van der Waals surface area contributed by atoms with Gasteiger partial charge < -0.3 is 9.84 Å². The third-order valence-corrected chi connectivity index (χ3v) is 2.39. The number of benzene rings is 1. The molecular formula is C11H12O3. The lowest BCUT2D eigenvalue weighted by molar-refractivity contribution is 0.101. The highest BCUT2D eigenvalue weighted by Gasteiger charge is 2.22. The van der Waals surface area contributed by atoms with Gasteiger partial charge in [-0.3, -0.25) is 4.79 Å². The van der Waals surface area contributed by atoms with Crippen LogP contribution in [0.3, 0.4) is 0 Å². The molecule has 14 heavy (non-hydrogen) atoms. The molecule has 1 N–H and O–H groups in total. The van der Waals surface area contributed by atoms with Gasteiger partial charge in [-0.05, 0) is 26.0 Å². The van der Waals surface area contributed by atoms with Crippen LogP contribution in [-0.2, 0) is 6.42 Å². The Morgan fingerprint density at radius 3 is 2.93 bits per heavy atom. The number of ether oxygens (including phenoxy) is 1. The molecule has 0 radical (unpaired) electrons. The molecule has 0 amide bonds. The number of hydrogen-bond acceptors (Lipinski definition) is 3. The Labute approximate surface area is 82.3 Å². The second-order valence-electron chi connectivity index (χ2n) is 3.67. The van der Waals surface area contributed by atoms with Crippen molar-refractivity contribution in [1.29, 1.82) is 0 Å². The Balaban J connectivity index is 2.50. The lowest BCUT2D eigenvalue weighted by atomic mass is 10.0. The van der Waals surface area contributed by atoms with E-state index in [0.29, 0.717) is 5.56 Å². The Kier molecular flexibility index (Phi) is 1.95.